The van der Waals surface area contributed by atoms with Crippen LogP contribution in [-0.4, -0.2) is 7.11 Å². The van der Waals surface area contributed by atoms with Gasteiger partial charge in [-0.05, 0) is 17.5 Å². The fourth-order valence-corrected chi connectivity index (χ4v) is 1.75. The van der Waals surface area contributed by atoms with Crippen molar-refractivity contribution in [3.8, 4) is 5.75 Å². The largest absolute Gasteiger partial charge is 0.496 e. The predicted molar refractivity (Wildman–Crippen MR) is 61.5 cm³/mol. The zero-order valence-corrected chi connectivity index (χ0v) is 9.63. The smallest absolute Gasteiger partial charge is 0.137 e. The summed E-state index contributed by atoms with van der Waals surface area (Å²) < 4.78 is 10.7. The molecule has 2 rings (SSSR count). The van der Waals surface area contributed by atoms with Crippen molar-refractivity contribution in [2.45, 2.75) is 26.2 Å². The topological polar surface area (TPSA) is 22.4 Å². The van der Waals surface area contributed by atoms with Crippen LogP contribution in [0.1, 0.15) is 26.3 Å². The second-order valence-electron chi connectivity index (χ2n) is 4.76. The number of rotatable bonds is 1. The number of furan rings is 1. The minimum absolute atomic E-state index is 0.0802. The third-order valence-corrected chi connectivity index (χ3v) is 2.58. The summed E-state index contributed by atoms with van der Waals surface area (Å²) in [6.07, 6.45) is 1.70. The first kappa shape index (κ1) is 10.1. The van der Waals surface area contributed by atoms with E-state index >= 15 is 0 Å². The van der Waals surface area contributed by atoms with E-state index in [1.54, 1.807) is 13.4 Å². The average molecular weight is 204 g/mol. The van der Waals surface area contributed by atoms with Crippen LogP contribution in [-0.2, 0) is 5.41 Å². The summed E-state index contributed by atoms with van der Waals surface area (Å²) in [7, 11) is 1.69. The molecule has 2 heteroatoms. The summed E-state index contributed by atoms with van der Waals surface area (Å²) in [5.41, 5.74) is 2.16. The van der Waals surface area contributed by atoms with Gasteiger partial charge in [0.05, 0.1) is 13.4 Å². The van der Waals surface area contributed by atoms with Crippen LogP contribution < -0.4 is 4.74 Å². The Morgan fingerprint density at radius 1 is 1.20 bits per heavy atom. The zero-order valence-electron chi connectivity index (χ0n) is 9.63. The SMILES string of the molecule is COc1cc2occc2cc1C(C)(C)C. The van der Waals surface area contributed by atoms with Gasteiger partial charge in [0.25, 0.3) is 0 Å². The highest BCUT2D eigenvalue weighted by Crippen LogP contribution is 2.34. The van der Waals surface area contributed by atoms with Gasteiger partial charge in [-0.15, -0.1) is 0 Å². The molecule has 15 heavy (non-hydrogen) atoms. The normalized spacial score (nSPS) is 12.0. The molecule has 0 amide bonds. The van der Waals surface area contributed by atoms with Gasteiger partial charge in [-0.25, -0.2) is 0 Å². The van der Waals surface area contributed by atoms with E-state index in [0.29, 0.717) is 0 Å². The maximum atomic E-state index is 5.39. The van der Waals surface area contributed by atoms with Crippen molar-refractivity contribution in [2.75, 3.05) is 7.11 Å². The van der Waals surface area contributed by atoms with Crippen LogP contribution in [0.25, 0.3) is 11.0 Å². The number of hydrogen-bond donors (Lipinski definition) is 0. The lowest BCUT2D eigenvalue weighted by atomic mass is 9.86. The molecule has 0 aliphatic carbocycles. The van der Waals surface area contributed by atoms with Gasteiger partial charge in [-0.1, -0.05) is 20.8 Å². The lowest BCUT2D eigenvalue weighted by Gasteiger charge is -2.21. The molecule has 2 nitrogen and oxygen atoms in total. The molecule has 0 saturated heterocycles. The van der Waals surface area contributed by atoms with Crippen molar-refractivity contribution in [3.63, 3.8) is 0 Å². The Hall–Kier alpha value is -1.44. The highest BCUT2D eigenvalue weighted by molar-refractivity contribution is 5.80. The van der Waals surface area contributed by atoms with Gasteiger partial charge in [0.2, 0.25) is 0 Å². The Balaban J connectivity index is 2.70. The van der Waals surface area contributed by atoms with Crippen molar-refractivity contribution in [1.82, 2.24) is 0 Å². The maximum Gasteiger partial charge on any atom is 0.137 e. The molecule has 0 atom stereocenters. The van der Waals surface area contributed by atoms with E-state index in [0.717, 1.165) is 16.7 Å². The predicted octanol–water partition coefficient (Wildman–Crippen LogP) is 3.74. The molecule has 0 aliphatic heterocycles. The molecule has 1 heterocycles. The molecule has 0 aliphatic rings. The van der Waals surface area contributed by atoms with Gasteiger partial charge in [0, 0.05) is 17.0 Å². The number of hydrogen-bond acceptors (Lipinski definition) is 2. The summed E-state index contributed by atoms with van der Waals surface area (Å²) >= 11 is 0. The quantitative estimate of drug-likeness (QED) is 0.706. The highest BCUT2D eigenvalue weighted by Gasteiger charge is 2.19. The van der Waals surface area contributed by atoms with Crippen LogP contribution in [0.4, 0.5) is 0 Å². The molecule has 1 aromatic heterocycles. The van der Waals surface area contributed by atoms with E-state index in [9.17, 15) is 0 Å². The summed E-state index contributed by atoms with van der Waals surface area (Å²) in [5.74, 6) is 0.893. The monoisotopic (exact) mass is 204 g/mol. The van der Waals surface area contributed by atoms with E-state index in [-0.39, 0.29) is 5.41 Å². The fraction of sp³-hybridized carbons (Fsp3) is 0.385. The Morgan fingerprint density at radius 3 is 2.53 bits per heavy atom. The molecular weight excluding hydrogens is 188 g/mol. The van der Waals surface area contributed by atoms with Gasteiger partial charge in [0.1, 0.15) is 11.3 Å². The van der Waals surface area contributed by atoms with Gasteiger partial charge in [-0.3, -0.25) is 0 Å². The van der Waals surface area contributed by atoms with E-state index in [1.165, 1.54) is 5.56 Å². The molecule has 80 valence electrons. The average Bonchev–Trinajstić information content (AvgIpc) is 2.60. The number of methoxy groups -OCH3 is 1. The van der Waals surface area contributed by atoms with Crippen molar-refractivity contribution >= 4 is 11.0 Å². The molecule has 1 aromatic carbocycles. The third-order valence-electron chi connectivity index (χ3n) is 2.58. The van der Waals surface area contributed by atoms with E-state index in [4.69, 9.17) is 9.15 Å². The minimum atomic E-state index is 0.0802. The standard InChI is InChI=1S/C13H16O2/c1-13(2,3)10-7-9-5-6-15-11(9)8-12(10)14-4/h5-8H,1-4H3. The lowest BCUT2D eigenvalue weighted by molar-refractivity contribution is 0.397. The molecule has 0 saturated carbocycles. The first-order chi connectivity index (χ1) is 7.02. The Kier molecular flexibility index (Phi) is 2.22. The van der Waals surface area contributed by atoms with Gasteiger partial charge >= 0.3 is 0 Å². The lowest BCUT2D eigenvalue weighted by Crippen LogP contribution is -2.12. The highest BCUT2D eigenvalue weighted by atomic mass is 16.5. The molecule has 2 aromatic rings. The van der Waals surface area contributed by atoms with Crippen LogP contribution in [0, 0.1) is 0 Å². The van der Waals surface area contributed by atoms with Crippen molar-refractivity contribution in [2.24, 2.45) is 0 Å². The molecule has 0 spiro atoms. The van der Waals surface area contributed by atoms with Crippen molar-refractivity contribution < 1.29 is 9.15 Å². The second kappa shape index (κ2) is 3.30. The van der Waals surface area contributed by atoms with Crippen molar-refractivity contribution in [1.29, 1.82) is 0 Å². The zero-order chi connectivity index (χ0) is 11.1. The first-order valence-corrected chi connectivity index (χ1v) is 5.08. The molecule has 0 radical (unpaired) electrons. The van der Waals surface area contributed by atoms with E-state index in [1.807, 2.05) is 12.1 Å². The Morgan fingerprint density at radius 2 is 1.93 bits per heavy atom. The summed E-state index contributed by atoms with van der Waals surface area (Å²) in [5, 5.41) is 1.13. The van der Waals surface area contributed by atoms with Gasteiger partial charge in [0.15, 0.2) is 0 Å². The molecule has 0 N–H and O–H groups in total. The molecule has 0 bridgehead atoms. The Bertz CT molecular complexity index is 475. The Labute approximate surface area is 89.8 Å². The van der Waals surface area contributed by atoms with Crippen LogP contribution >= 0.6 is 0 Å². The summed E-state index contributed by atoms with van der Waals surface area (Å²) in [4.78, 5) is 0. The third kappa shape index (κ3) is 1.72. The van der Waals surface area contributed by atoms with Crippen LogP contribution in [0.2, 0.25) is 0 Å². The minimum Gasteiger partial charge on any atom is -0.496 e. The number of benzene rings is 1. The number of ether oxygens (including phenoxy) is 1. The summed E-state index contributed by atoms with van der Waals surface area (Å²) in [6.45, 7) is 6.53. The van der Waals surface area contributed by atoms with E-state index in [2.05, 4.69) is 26.8 Å². The molecule has 0 unspecified atom stereocenters. The van der Waals surface area contributed by atoms with Crippen LogP contribution in [0.5, 0.6) is 5.75 Å². The maximum absolute atomic E-state index is 5.39. The van der Waals surface area contributed by atoms with Gasteiger partial charge < -0.3 is 9.15 Å². The van der Waals surface area contributed by atoms with Crippen molar-refractivity contribution in [3.05, 3.63) is 30.0 Å². The fourth-order valence-electron chi connectivity index (χ4n) is 1.75. The number of fused-ring (bicyclic) bond motifs is 1. The van der Waals surface area contributed by atoms with Gasteiger partial charge in [-0.2, -0.15) is 0 Å². The summed E-state index contributed by atoms with van der Waals surface area (Å²) in [6, 6.07) is 6.07. The van der Waals surface area contributed by atoms with Crippen LogP contribution in [0.15, 0.2) is 28.9 Å². The molecular formula is C13H16O2. The molecule has 0 fully saturated rings. The first-order valence-electron chi connectivity index (χ1n) is 5.08. The second-order valence-corrected chi connectivity index (χ2v) is 4.76. The van der Waals surface area contributed by atoms with Crippen LogP contribution in [0.3, 0.4) is 0 Å². The van der Waals surface area contributed by atoms with E-state index < -0.39 is 0 Å².